The minimum absolute atomic E-state index is 0. The Morgan fingerprint density at radius 3 is 1.48 bits per heavy atom. The monoisotopic (exact) mass is 564 g/mol. The maximum atomic E-state index is 12.3. The number of nitrogens with one attached hydrogen (secondary N) is 1. The summed E-state index contributed by atoms with van der Waals surface area (Å²) in [7, 11) is 5.62. The number of imide groups is 3. The maximum Gasteiger partial charge on any atom is 0.333 e. The molecule has 11 nitrogen and oxygen atoms in total. The minimum atomic E-state index is -0.532. The third-order valence-electron chi connectivity index (χ3n) is 6.04. The number of terminal acetylenes is 1. The highest BCUT2D eigenvalue weighted by Crippen LogP contribution is 2.17. The summed E-state index contributed by atoms with van der Waals surface area (Å²) >= 11 is 0. The Labute approximate surface area is 242 Å². The molecule has 0 spiro atoms. The average Bonchev–Trinajstić information content (AvgIpc) is 3.33. The zero-order valence-corrected chi connectivity index (χ0v) is 21.7. The molecular formula is C28H49BN4O7. The molecule has 1 N–H and O–H groups in total. The van der Waals surface area contributed by atoms with E-state index in [4.69, 9.17) is 0 Å². The van der Waals surface area contributed by atoms with Crippen molar-refractivity contribution in [3.63, 3.8) is 0 Å². The topological polar surface area (TPSA) is 133 Å². The van der Waals surface area contributed by atoms with Crippen LogP contribution in [0, 0.1) is 12.2 Å². The SMILES string of the molecule is C.C.C.COC(=O)CNC(=O)N1CCCCCC1=O.O=C1CCCCCN1C(=O)N1CCCCCC1=O.[B]C#C. The Morgan fingerprint density at radius 2 is 1.10 bits per heavy atom. The van der Waals surface area contributed by atoms with E-state index in [2.05, 4.69) is 24.3 Å². The van der Waals surface area contributed by atoms with Crippen LogP contribution < -0.4 is 5.32 Å². The molecule has 3 aliphatic rings. The Balaban J connectivity index is -0.000000586. The van der Waals surface area contributed by atoms with Gasteiger partial charge in [0.1, 0.15) is 6.54 Å². The molecule has 3 rings (SSSR count). The van der Waals surface area contributed by atoms with E-state index >= 15 is 0 Å². The van der Waals surface area contributed by atoms with Crippen molar-refractivity contribution >= 4 is 43.6 Å². The van der Waals surface area contributed by atoms with Crippen molar-refractivity contribution in [2.24, 2.45) is 0 Å². The predicted octanol–water partition coefficient (Wildman–Crippen LogP) is 3.84. The van der Waals surface area contributed by atoms with Gasteiger partial charge in [-0.25, -0.2) is 9.59 Å². The van der Waals surface area contributed by atoms with Crippen LogP contribution in [0.15, 0.2) is 0 Å². The van der Waals surface area contributed by atoms with Gasteiger partial charge in [0.25, 0.3) is 0 Å². The molecule has 2 radical (unpaired) electrons. The Kier molecular flexibility index (Phi) is 24.2. The number of hydrogen-bond acceptors (Lipinski definition) is 7. The molecule has 226 valence electrons. The molecule has 7 amide bonds. The predicted molar refractivity (Wildman–Crippen MR) is 156 cm³/mol. The first kappa shape index (κ1) is 41.1. The first-order chi connectivity index (χ1) is 17.8. The number of rotatable bonds is 2. The fraction of sp³-hybridized carbons (Fsp3) is 0.714. The number of hydrogen-bond donors (Lipinski definition) is 1. The van der Waals surface area contributed by atoms with Crippen molar-refractivity contribution in [1.29, 1.82) is 0 Å². The lowest BCUT2D eigenvalue weighted by Crippen LogP contribution is -2.48. The van der Waals surface area contributed by atoms with E-state index in [1.54, 1.807) is 5.82 Å². The van der Waals surface area contributed by atoms with Crippen molar-refractivity contribution in [3.8, 4) is 12.2 Å². The van der Waals surface area contributed by atoms with Crippen LogP contribution in [0.4, 0.5) is 9.59 Å². The minimum Gasteiger partial charge on any atom is -0.468 e. The smallest absolute Gasteiger partial charge is 0.333 e. The molecule has 40 heavy (non-hydrogen) atoms. The van der Waals surface area contributed by atoms with Crippen LogP contribution in [0.3, 0.4) is 0 Å². The Hall–Kier alpha value is -3.36. The first-order valence-electron chi connectivity index (χ1n) is 12.7. The highest BCUT2D eigenvalue weighted by molar-refractivity contribution is 6.21. The molecule has 3 fully saturated rings. The lowest BCUT2D eigenvalue weighted by Gasteiger charge is -2.26. The number of nitrogens with zero attached hydrogens (tertiary/aromatic N) is 3. The molecule has 12 heteroatoms. The molecule has 0 aromatic carbocycles. The normalized spacial score (nSPS) is 17.0. The van der Waals surface area contributed by atoms with E-state index in [-0.39, 0.29) is 46.5 Å². The fourth-order valence-electron chi connectivity index (χ4n) is 4.03. The molecule has 0 unspecified atom stereocenters. The third-order valence-corrected chi connectivity index (χ3v) is 6.04. The van der Waals surface area contributed by atoms with E-state index in [0.29, 0.717) is 38.9 Å². The second-order valence-corrected chi connectivity index (χ2v) is 8.75. The van der Waals surface area contributed by atoms with Crippen molar-refractivity contribution in [1.82, 2.24) is 20.0 Å². The molecule has 0 atom stereocenters. The molecule has 0 aromatic rings. The van der Waals surface area contributed by atoms with Crippen LogP contribution in [-0.4, -0.2) is 91.6 Å². The molecule has 0 aromatic heterocycles. The number of urea groups is 2. The summed E-state index contributed by atoms with van der Waals surface area (Å²) < 4.78 is 4.38. The number of esters is 1. The largest absolute Gasteiger partial charge is 0.468 e. The van der Waals surface area contributed by atoms with Crippen LogP contribution in [0.1, 0.15) is 99.3 Å². The van der Waals surface area contributed by atoms with Gasteiger partial charge < -0.3 is 10.1 Å². The zero-order valence-electron chi connectivity index (χ0n) is 21.7. The molecule has 0 bridgehead atoms. The Bertz CT molecular complexity index is 828. The van der Waals surface area contributed by atoms with Gasteiger partial charge in [0.2, 0.25) is 17.7 Å². The second-order valence-electron chi connectivity index (χ2n) is 8.75. The van der Waals surface area contributed by atoms with Gasteiger partial charge in [-0.2, -0.15) is 5.82 Å². The van der Waals surface area contributed by atoms with Crippen LogP contribution in [0.2, 0.25) is 0 Å². The van der Waals surface area contributed by atoms with Crippen LogP contribution in [0.25, 0.3) is 0 Å². The molecular weight excluding hydrogens is 515 g/mol. The number of amides is 7. The summed E-state index contributed by atoms with van der Waals surface area (Å²) in [6.07, 6.45) is 13.5. The fourth-order valence-corrected chi connectivity index (χ4v) is 4.03. The van der Waals surface area contributed by atoms with E-state index in [9.17, 15) is 28.8 Å². The van der Waals surface area contributed by atoms with Crippen molar-refractivity contribution in [2.75, 3.05) is 33.3 Å². The number of carbonyl (C=O) groups excluding carboxylic acids is 6. The van der Waals surface area contributed by atoms with Gasteiger partial charge >= 0.3 is 18.0 Å². The highest BCUT2D eigenvalue weighted by atomic mass is 16.5. The van der Waals surface area contributed by atoms with Crippen LogP contribution in [-0.2, 0) is 23.9 Å². The highest BCUT2D eigenvalue weighted by Gasteiger charge is 2.31. The quantitative estimate of drug-likeness (QED) is 0.306. The number of methoxy groups -OCH3 is 1. The maximum absolute atomic E-state index is 12.3. The molecule has 3 saturated heterocycles. The van der Waals surface area contributed by atoms with Gasteiger partial charge in [-0.1, -0.05) is 41.5 Å². The van der Waals surface area contributed by atoms with Crippen molar-refractivity contribution in [3.05, 3.63) is 0 Å². The number of ether oxygens (including phenoxy) is 1. The van der Waals surface area contributed by atoms with Gasteiger partial charge in [0, 0.05) is 38.9 Å². The molecule has 0 aliphatic carbocycles. The number of carbonyl (C=O) groups is 6. The molecule has 0 saturated carbocycles. The average molecular weight is 565 g/mol. The van der Waals surface area contributed by atoms with Gasteiger partial charge in [-0.3, -0.25) is 33.9 Å². The Morgan fingerprint density at radius 1 is 0.750 bits per heavy atom. The standard InChI is InChI=1S/C13H20N2O3.C10H16N2O4.C2HB.3CH4/c16-11-7-3-1-5-9-14(11)13(18)15-10-6-2-4-8-12(15)17;1-16-9(14)7-11-10(15)12-6-4-2-3-5-8(12)13;1-2-3;;;/h1-10H2;2-7H2,1H3,(H,11,15);1H;3*1H4. The van der Waals surface area contributed by atoms with Gasteiger partial charge in [0.05, 0.1) is 7.11 Å². The van der Waals surface area contributed by atoms with E-state index < -0.39 is 18.0 Å². The van der Waals surface area contributed by atoms with Crippen LogP contribution >= 0.6 is 0 Å². The summed E-state index contributed by atoms with van der Waals surface area (Å²) in [4.78, 5) is 73.6. The van der Waals surface area contributed by atoms with E-state index in [1.807, 2.05) is 0 Å². The molecule has 3 heterocycles. The van der Waals surface area contributed by atoms with Gasteiger partial charge in [-0.05, 0) is 38.5 Å². The summed E-state index contributed by atoms with van der Waals surface area (Å²) in [6.45, 7) is 1.13. The first-order valence-corrected chi connectivity index (χ1v) is 12.7. The van der Waals surface area contributed by atoms with Crippen molar-refractivity contribution < 1.29 is 33.5 Å². The van der Waals surface area contributed by atoms with Crippen molar-refractivity contribution in [2.45, 2.75) is 99.3 Å². The third kappa shape index (κ3) is 14.7. The summed E-state index contributed by atoms with van der Waals surface area (Å²) in [6, 6.07) is -0.911. The molecule has 3 aliphatic heterocycles. The zero-order chi connectivity index (χ0) is 27.6. The summed E-state index contributed by atoms with van der Waals surface area (Å²) in [5, 5.41) is 2.35. The summed E-state index contributed by atoms with van der Waals surface area (Å²) in [5.41, 5.74) is 0. The van der Waals surface area contributed by atoms with Crippen LogP contribution in [0.5, 0.6) is 0 Å². The van der Waals surface area contributed by atoms with E-state index in [0.717, 1.165) is 62.7 Å². The lowest BCUT2D eigenvalue weighted by molar-refractivity contribution is -0.139. The van der Waals surface area contributed by atoms with E-state index in [1.165, 1.54) is 16.9 Å². The number of likely N-dealkylation sites (tertiary alicyclic amines) is 3. The second kappa shape index (κ2) is 23.5. The van der Waals surface area contributed by atoms with Gasteiger partial charge in [-0.15, -0.1) is 6.42 Å². The lowest BCUT2D eigenvalue weighted by atomic mass is 10.2. The van der Waals surface area contributed by atoms with Gasteiger partial charge in [0.15, 0.2) is 7.85 Å². The summed E-state index contributed by atoms with van der Waals surface area (Å²) in [5.74, 6) is 0.777.